The van der Waals surface area contributed by atoms with Gasteiger partial charge >= 0.3 is 0 Å². The molecule has 33 heavy (non-hydrogen) atoms. The summed E-state index contributed by atoms with van der Waals surface area (Å²) in [5.74, 6) is -0.677. The number of nitrogens with one attached hydrogen (secondary N) is 1. The summed E-state index contributed by atoms with van der Waals surface area (Å²) in [5, 5.41) is 3.30. The van der Waals surface area contributed by atoms with E-state index in [0.29, 0.717) is 17.0 Å². The second-order valence-corrected chi connectivity index (χ2v) is 8.87. The zero-order chi connectivity index (χ0) is 23.9. The molecule has 2 amide bonds. The number of rotatable bonds is 5. The fraction of sp³-hybridized carbons (Fsp3) is 0.214. The second-order valence-electron chi connectivity index (χ2n) is 8.87. The Bertz CT molecular complexity index is 1290. The highest BCUT2D eigenvalue weighted by molar-refractivity contribution is 6.46. The maximum Gasteiger partial charge on any atom is 0.282 e. The van der Waals surface area contributed by atoms with Gasteiger partial charge in [-0.3, -0.25) is 9.59 Å². The zero-order valence-corrected chi connectivity index (χ0v) is 20.0. The van der Waals surface area contributed by atoms with E-state index >= 15 is 0 Å². The molecule has 0 aliphatic carbocycles. The van der Waals surface area contributed by atoms with E-state index in [1.807, 2.05) is 101 Å². The van der Waals surface area contributed by atoms with Crippen molar-refractivity contribution < 1.29 is 9.59 Å². The van der Waals surface area contributed by atoms with Crippen LogP contribution in [-0.2, 0) is 9.59 Å². The summed E-state index contributed by atoms with van der Waals surface area (Å²) in [6.45, 7) is 8.00. The van der Waals surface area contributed by atoms with Gasteiger partial charge in [-0.1, -0.05) is 41.5 Å². The summed E-state index contributed by atoms with van der Waals surface area (Å²) < 4.78 is 0. The van der Waals surface area contributed by atoms with E-state index in [4.69, 9.17) is 0 Å². The lowest BCUT2D eigenvalue weighted by molar-refractivity contribution is -0.120. The van der Waals surface area contributed by atoms with Crippen LogP contribution in [-0.4, -0.2) is 25.9 Å². The van der Waals surface area contributed by atoms with E-state index in [9.17, 15) is 9.59 Å². The first-order chi connectivity index (χ1) is 15.7. The highest BCUT2D eigenvalue weighted by Crippen LogP contribution is 2.36. The Morgan fingerprint density at radius 2 is 1.33 bits per heavy atom. The Hall–Kier alpha value is -3.86. The lowest BCUT2D eigenvalue weighted by Crippen LogP contribution is -2.32. The van der Waals surface area contributed by atoms with Gasteiger partial charge in [0, 0.05) is 25.5 Å². The predicted octanol–water partition coefficient (Wildman–Crippen LogP) is 5.38. The van der Waals surface area contributed by atoms with Gasteiger partial charge in [0.05, 0.1) is 11.3 Å². The minimum absolute atomic E-state index is 0.301. The van der Waals surface area contributed by atoms with E-state index in [1.54, 1.807) is 0 Å². The summed E-state index contributed by atoms with van der Waals surface area (Å²) in [4.78, 5) is 30.6. The van der Waals surface area contributed by atoms with Crippen LogP contribution in [0, 0.1) is 27.7 Å². The van der Waals surface area contributed by atoms with Gasteiger partial charge in [0.1, 0.15) is 5.70 Å². The van der Waals surface area contributed by atoms with Crippen molar-refractivity contribution in [2.24, 2.45) is 0 Å². The molecule has 5 nitrogen and oxygen atoms in total. The number of nitrogens with zero attached hydrogens (tertiary/aromatic N) is 2. The van der Waals surface area contributed by atoms with Gasteiger partial charge in [-0.2, -0.15) is 0 Å². The summed E-state index contributed by atoms with van der Waals surface area (Å²) in [5.41, 5.74) is 8.02. The number of imide groups is 1. The molecule has 1 aliphatic heterocycles. The molecule has 0 aromatic heterocycles. The molecule has 168 valence electrons. The Balaban J connectivity index is 1.83. The van der Waals surface area contributed by atoms with Crippen molar-refractivity contribution in [2.45, 2.75) is 27.7 Å². The average Bonchev–Trinajstić information content (AvgIpc) is 3.00. The van der Waals surface area contributed by atoms with E-state index in [1.165, 1.54) is 4.90 Å². The smallest absolute Gasteiger partial charge is 0.282 e. The van der Waals surface area contributed by atoms with Gasteiger partial charge < -0.3 is 10.2 Å². The van der Waals surface area contributed by atoms with Crippen LogP contribution < -0.4 is 15.1 Å². The SMILES string of the molecule is Cc1ccc(NC2=C(c3ccc(C)cc3C)C(=O)N(c3ccc(N(C)C)cc3)C2=O)c(C)c1. The van der Waals surface area contributed by atoms with Gasteiger partial charge in [0.25, 0.3) is 11.8 Å². The van der Waals surface area contributed by atoms with Crippen LogP contribution in [0.4, 0.5) is 17.1 Å². The third-order valence-electron chi connectivity index (χ3n) is 6.00. The van der Waals surface area contributed by atoms with Crippen LogP contribution >= 0.6 is 0 Å². The highest BCUT2D eigenvalue weighted by atomic mass is 16.2. The number of anilines is 3. The number of carbonyl (C=O) groups is 2. The van der Waals surface area contributed by atoms with Gasteiger partial charge in [0.15, 0.2) is 0 Å². The first kappa shape index (κ1) is 22.3. The third-order valence-corrected chi connectivity index (χ3v) is 6.00. The maximum atomic E-state index is 13.7. The molecule has 0 atom stereocenters. The molecule has 0 fully saturated rings. The molecule has 1 heterocycles. The van der Waals surface area contributed by atoms with Crippen LogP contribution in [0.15, 0.2) is 66.4 Å². The summed E-state index contributed by atoms with van der Waals surface area (Å²) in [7, 11) is 3.90. The fourth-order valence-electron chi connectivity index (χ4n) is 4.21. The summed E-state index contributed by atoms with van der Waals surface area (Å²) in [6, 6.07) is 19.3. The number of benzene rings is 3. The molecule has 3 aromatic carbocycles. The topological polar surface area (TPSA) is 52.7 Å². The lowest BCUT2D eigenvalue weighted by atomic mass is 9.97. The van der Waals surface area contributed by atoms with Gasteiger partial charge in [0.2, 0.25) is 0 Å². The molecular weight excluding hydrogens is 410 g/mol. The van der Waals surface area contributed by atoms with E-state index in [-0.39, 0.29) is 11.8 Å². The van der Waals surface area contributed by atoms with Gasteiger partial charge in [-0.15, -0.1) is 0 Å². The van der Waals surface area contributed by atoms with Gasteiger partial charge in [-0.25, -0.2) is 4.90 Å². The molecule has 1 N–H and O–H groups in total. The van der Waals surface area contributed by atoms with Crippen LogP contribution in [0.1, 0.15) is 27.8 Å². The monoisotopic (exact) mass is 439 g/mol. The quantitative estimate of drug-likeness (QED) is 0.542. The van der Waals surface area contributed by atoms with Crippen molar-refractivity contribution in [3.05, 3.63) is 94.2 Å². The number of amides is 2. The molecular formula is C28H29N3O2. The van der Waals surface area contributed by atoms with Crippen molar-refractivity contribution in [2.75, 3.05) is 29.2 Å². The highest BCUT2D eigenvalue weighted by Gasteiger charge is 2.40. The Kier molecular flexibility index (Phi) is 5.81. The molecule has 4 rings (SSSR count). The number of carbonyl (C=O) groups excluding carboxylic acids is 2. The number of hydrogen-bond donors (Lipinski definition) is 1. The van der Waals surface area contributed by atoms with Crippen molar-refractivity contribution in [1.29, 1.82) is 0 Å². The molecule has 3 aromatic rings. The van der Waals surface area contributed by atoms with Crippen molar-refractivity contribution in [1.82, 2.24) is 0 Å². The first-order valence-corrected chi connectivity index (χ1v) is 11.0. The summed E-state index contributed by atoms with van der Waals surface area (Å²) >= 11 is 0. The second kappa shape index (κ2) is 8.58. The molecule has 0 unspecified atom stereocenters. The average molecular weight is 440 g/mol. The van der Waals surface area contributed by atoms with Crippen LogP contribution in [0.2, 0.25) is 0 Å². The lowest BCUT2D eigenvalue weighted by Gasteiger charge is -2.18. The molecule has 0 bridgehead atoms. The Morgan fingerprint density at radius 1 is 0.727 bits per heavy atom. The number of aryl methyl sites for hydroxylation is 4. The molecule has 0 radical (unpaired) electrons. The zero-order valence-electron chi connectivity index (χ0n) is 20.0. The van der Waals surface area contributed by atoms with Crippen molar-refractivity contribution in [3.63, 3.8) is 0 Å². The van der Waals surface area contributed by atoms with Crippen molar-refractivity contribution in [3.8, 4) is 0 Å². The fourth-order valence-corrected chi connectivity index (χ4v) is 4.21. The molecule has 0 saturated carbocycles. The number of hydrogen-bond acceptors (Lipinski definition) is 4. The minimum atomic E-state index is -0.354. The van der Waals surface area contributed by atoms with E-state index in [2.05, 4.69) is 11.4 Å². The Labute approximate surface area is 195 Å². The van der Waals surface area contributed by atoms with E-state index in [0.717, 1.165) is 39.2 Å². The first-order valence-electron chi connectivity index (χ1n) is 11.0. The van der Waals surface area contributed by atoms with E-state index < -0.39 is 0 Å². The molecule has 0 spiro atoms. The predicted molar refractivity (Wildman–Crippen MR) is 136 cm³/mol. The molecule has 1 aliphatic rings. The molecule has 0 saturated heterocycles. The maximum absolute atomic E-state index is 13.7. The van der Waals surface area contributed by atoms with Crippen LogP contribution in [0.3, 0.4) is 0 Å². The van der Waals surface area contributed by atoms with Crippen LogP contribution in [0.25, 0.3) is 5.57 Å². The normalized spacial score (nSPS) is 13.7. The largest absolute Gasteiger partial charge is 0.378 e. The third kappa shape index (κ3) is 4.14. The Morgan fingerprint density at radius 3 is 1.91 bits per heavy atom. The standard InChI is InChI=1S/C28H29N3O2/c1-17-7-13-23(19(3)15-17)25-26(29-24-14-8-18(2)16-20(24)4)28(33)31(27(25)32)22-11-9-21(10-12-22)30(5)6/h7-16,29H,1-6H3. The minimum Gasteiger partial charge on any atom is -0.378 e. The van der Waals surface area contributed by atoms with Crippen molar-refractivity contribution >= 4 is 34.4 Å². The molecule has 5 heteroatoms. The summed E-state index contributed by atoms with van der Waals surface area (Å²) in [6.07, 6.45) is 0. The van der Waals surface area contributed by atoms with Crippen LogP contribution in [0.5, 0.6) is 0 Å². The van der Waals surface area contributed by atoms with Gasteiger partial charge in [-0.05, 0) is 74.7 Å².